The first-order valence-corrected chi connectivity index (χ1v) is 8.89. The highest BCUT2D eigenvalue weighted by Crippen LogP contribution is 2.08. The molecule has 0 fully saturated rings. The molecule has 0 radical (unpaired) electrons. The van der Waals surface area contributed by atoms with Crippen molar-refractivity contribution in [1.82, 2.24) is 20.6 Å². The number of hydrogen-bond donors (Lipinski definition) is 3. The van der Waals surface area contributed by atoms with Crippen LogP contribution in [0.5, 0.6) is 0 Å². The second-order valence-corrected chi connectivity index (χ2v) is 6.15. The Morgan fingerprint density at radius 1 is 0.821 bits per heavy atom. The second-order valence-electron chi connectivity index (χ2n) is 6.15. The van der Waals surface area contributed by atoms with Gasteiger partial charge in [0.25, 0.3) is 0 Å². The number of amides is 3. The average Bonchev–Trinajstić information content (AvgIpc) is 2.74. The van der Waals surface area contributed by atoms with Crippen molar-refractivity contribution in [2.24, 2.45) is 0 Å². The van der Waals surface area contributed by atoms with Crippen molar-refractivity contribution in [3.63, 3.8) is 0 Å². The fourth-order valence-electron chi connectivity index (χ4n) is 2.62. The molecule has 3 N–H and O–H groups in total. The van der Waals surface area contributed by atoms with E-state index in [1.54, 1.807) is 36.9 Å². The molecule has 0 aliphatic carbocycles. The van der Waals surface area contributed by atoms with Crippen LogP contribution in [0.15, 0.2) is 79.4 Å². The van der Waals surface area contributed by atoms with Crippen molar-refractivity contribution in [2.45, 2.75) is 19.0 Å². The van der Waals surface area contributed by atoms with E-state index in [0.717, 1.165) is 11.1 Å². The summed E-state index contributed by atoms with van der Waals surface area (Å²) in [5, 5.41) is 8.34. The largest absolute Gasteiger partial charge is 0.334 e. The molecule has 0 saturated heterocycles. The smallest absolute Gasteiger partial charge is 0.315 e. The molecule has 2 aromatic heterocycles. The van der Waals surface area contributed by atoms with Crippen LogP contribution in [0, 0.1) is 0 Å². The van der Waals surface area contributed by atoms with E-state index in [4.69, 9.17) is 0 Å². The van der Waals surface area contributed by atoms with Crippen molar-refractivity contribution in [3.8, 4) is 0 Å². The number of carbonyl (C=O) groups excluding carboxylic acids is 2. The van der Waals surface area contributed by atoms with E-state index in [1.165, 1.54) is 0 Å². The van der Waals surface area contributed by atoms with Gasteiger partial charge in [0.2, 0.25) is 5.91 Å². The van der Waals surface area contributed by atoms with Gasteiger partial charge < -0.3 is 16.0 Å². The summed E-state index contributed by atoms with van der Waals surface area (Å²) in [5.41, 5.74) is 2.50. The predicted molar refractivity (Wildman–Crippen MR) is 106 cm³/mol. The van der Waals surface area contributed by atoms with Crippen LogP contribution in [-0.4, -0.2) is 27.9 Å². The SMILES string of the molecule is O=C(NCc1ccncc1)N[C@@H](Cc1ccccc1)C(=O)Nc1ccncc1. The molecular weight excluding hydrogens is 354 g/mol. The number of anilines is 1. The molecule has 0 unspecified atom stereocenters. The van der Waals surface area contributed by atoms with Crippen LogP contribution in [0.4, 0.5) is 10.5 Å². The highest BCUT2D eigenvalue weighted by atomic mass is 16.2. The molecular formula is C21H21N5O2. The number of hydrogen-bond acceptors (Lipinski definition) is 4. The Labute approximate surface area is 163 Å². The van der Waals surface area contributed by atoms with E-state index in [9.17, 15) is 9.59 Å². The molecule has 7 heteroatoms. The Morgan fingerprint density at radius 3 is 2.14 bits per heavy atom. The first-order chi connectivity index (χ1) is 13.7. The molecule has 0 bridgehead atoms. The van der Waals surface area contributed by atoms with Gasteiger partial charge in [0.05, 0.1) is 0 Å². The second kappa shape index (κ2) is 9.82. The zero-order valence-corrected chi connectivity index (χ0v) is 15.2. The van der Waals surface area contributed by atoms with Crippen molar-refractivity contribution in [1.29, 1.82) is 0 Å². The standard InChI is InChI=1S/C21H21N5O2/c27-20(25-18-8-12-23-13-9-18)19(14-16-4-2-1-3-5-16)26-21(28)24-15-17-6-10-22-11-7-17/h1-13,19H,14-15H2,(H,23,25,27)(H2,24,26,28)/t19-/m0/s1. The lowest BCUT2D eigenvalue weighted by molar-refractivity contribution is -0.117. The zero-order chi connectivity index (χ0) is 19.6. The molecule has 0 spiro atoms. The highest BCUT2D eigenvalue weighted by Gasteiger charge is 2.21. The summed E-state index contributed by atoms with van der Waals surface area (Å²) in [6.45, 7) is 0.346. The lowest BCUT2D eigenvalue weighted by Crippen LogP contribution is -2.49. The van der Waals surface area contributed by atoms with Gasteiger partial charge in [-0.3, -0.25) is 14.8 Å². The van der Waals surface area contributed by atoms with Gasteiger partial charge in [-0.15, -0.1) is 0 Å². The average molecular weight is 375 g/mol. The molecule has 3 aromatic rings. The summed E-state index contributed by atoms with van der Waals surface area (Å²) in [4.78, 5) is 33.0. The van der Waals surface area contributed by atoms with E-state index < -0.39 is 12.1 Å². The molecule has 1 aromatic carbocycles. The molecule has 7 nitrogen and oxygen atoms in total. The predicted octanol–water partition coefficient (Wildman–Crippen LogP) is 2.53. The van der Waals surface area contributed by atoms with Crippen LogP contribution in [0.1, 0.15) is 11.1 Å². The van der Waals surface area contributed by atoms with Crippen LogP contribution in [0.2, 0.25) is 0 Å². The minimum absolute atomic E-state index is 0.297. The topological polar surface area (TPSA) is 96.0 Å². The Balaban J connectivity index is 1.64. The number of nitrogens with zero attached hydrogens (tertiary/aromatic N) is 2. The lowest BCUT2D eigenvalue weighted by atomic mass is 10.1. The Bertz CT molecular complexity index is 888. The number of rotatable bonds is 7. The number of pyridine rings is 2. The van der Waals surface area contributed by atoms with E-state index in [2.05, 4.69) is 25.9 Å². The van der Waals surface area contributed by atoms with Gasteiger partial charge in [-0.05, 0) is 35.4 Å². The zero-order valence-electron chi connectivity index (χ0n) is 15.2. The molecule has 3 amide bonds. The van der Waals surface area contributed by atoms with E-state index in [-0.39, 0.29) is 5.91 Å². The van der Waals surface area contributed by atoms with Crippen molar-refractivity contribution in [2.75, 3.05) is 5.32 Å². The summed E-state index contributed by atoms with van der Waals surface area (Å²) < 4.78 is 0. The summed E-state index contributed by atoms with van der Waals surface area (Å²) in [7, 11) is 0. The fourth-order valence-corrected chi connectivity index (χ4v) is 2.62. The maximum absolute atomic E-state index is 12.7. The van der Waals surface area contributed by atoms with Crippen LogP contribution in [0.25, 0.3) is 0 Å². The Hall–Kier alpha value is -3.74. The van der Waals surface area contributed by atoms with Gasteiger partial charge in [-0.25, -0.2) is 4.79 Å². The molecule has 0 saturated carbocycles. The quantitative estimate of drug-likeness (QED) is 0.591. The molecule has 3 rings (SSSR count). The van der Waals surface area contributed by atoms with Crippen molar-refractivity contribution < 1.29 is 9.59 Å². The summed E-state index contributed by atoms with van der Waals surface area (Å²) >= 11 is 0. The van der Waals surface area contributed by atoms with Gasteiger partial charge in [0, 0.05) is 43.4 Å². The number of aromatic nitrogens is 2. The first kappa shape index (κ1) is 19.0. The van der Waals surface area contributed by atoms with Crippen LogP contribution < -0.4 is 16.0 Å². The monoisotopic (exact) mass is 375 g/mol. The number of carbonyl (C=O) groups is 2. The van der Waals surface area contributed by atoms with Crippen LogP contribution in [0.3, 0.4) is 0 Å². The number of nitrogens with one attached hydrogen (secondary N) is 3. The van der Waals surface area contributed by atoms with E-state index >= 15 is 0 Å². The Morgan fingerprint density at radius 2 is 1.46 bits per heavy atom. The molecule has 28 heavy (non-hydrogen) atoms. The van der Waals surface area contributed by atoms with Crippen molar-refractivity contribution >= 4 is 17.6 Å². The maximum atomic E-state index is 12.7. The van der Waals surface area contributed by atoms with Crippen LogP contribution in [-0.2, 0) is 17.8 Å². The Kier molecular flexibility index (Phi) is 6.67. The first-order valence-electron chi connectivity index (χ1n) is 8.89. The van der Waals surface area contributed by atoms with E-state index in [1.807, 2.05) is 42.5 Å². The number of urea groups is 1. The summed E-state index contributed by atoms with van der Waals surface area (Å²) in [6.07, 6.45) is 6.89. The molecule has 0 aliphatic rings. The summed E-state index contributed by atoms with van der Waals surface area (Å²) in [6, 6.07) is 15.4. The van der Waals surface area contributed by atoms with Gasteiger partial charge in [-0.1, -0.05) is 30.3 Å². The minimum atomic E-state index is -0.729. The van der Waals surface area contributed by atoms with Gasteiger partial charge in [0.1, 0.15) is 6.04 Å². The van der Waals surface area contributed by atoms with Crippen molar-refractivity contribution in [3.05, 3.63) is 90.5 Å². The van der Waals surface area contributed by atoms with E-state index in [0.29, 0.717) is 18.7 Å². The van der Waals surface area contributed by atoms with Crippen LogP contribution >= 0.6 is 0 Å². The van der Waals surface area contributed by atoms with Gasteiger partial charge in [0.15, 0.2) is 0 Å². The molecule has 0 aliphatic heterocycles. The maximum Gasteiger partial charge on any atom is 0.315 e. The third-order valence-corrected chi connectivity index (χ3v) is 4.05. The highest BCUT2D eigenvalue weighted by molar-refractivity contribution is 5.97. The molecule has 142 valence electrons. The fraction of sp³-hybridized carbons (Fsp3) is 0.143. The lowest BCUT2D eigenvalue weighted by Gasteiger charge is -2.19. The molecule has 2 heterocycles. The minimum Gasteiger partial charge on any atom is -0.334 e. The third-order valence-electron chi connectivity index (χ3n) is 4.05. The van der Waals surface area contributed by atoms with Gasteiger partial charge in [-0.2, -0.15) is 0 Å². The number of benzene rings is 1. The van der Waals surface area contributed by atoms with Gasteiger partial charge >= 0.3 is 6.03 Å². The normalized spacial score (nSPS) is 11.3. The third kappa shape index (κ3) is 5.91. The molecule has 1 atom stereocenters. The summed E-state index contributed by atoms with van der Waals surface area (Å²) in [5.74, 6) is -0.297.